The number of hydrogen-bond donors (Lipinski definition) is 2. The Kier molecular flexibility index (Phi) is 7.73. The monoisotopic (exact) mass is 481 g/mol. The van der Waals surface area contributed by atoms with Crippen LogP contribution in [0, 0.1) is 3.57 Å². The minimum absolute atomic E-state index is 0.227. The summed E-state index contributed by atoms with van der Waals surface area (Å²) in [5.41, 5.74) is 1.77. The van der Waals surface area contributed by atoms with E-state index in [1.165, 1.54) is 0 Å². The summed E-state index contributed by atoms with van der Waals surface area (Å²) in [6, 6.07) is 15.3. The molecule has 2 aromatic rings. The van der Waals surface area contributed by atoms with E-state index in [2.05, 4.69) is 38.1 Å². The Morgan fingerprint density at radius 3 is 2.70 bits per heavy atom. The van der Waals surface area contributed by atoms with E-state index in [-0.39, 0.29) is 6.03 Å². The van der Waals surface area contributed by atoms with Crippen molar-refractivity contribution in [1.29, 1.82) is 0 Å². The Morgan fingerprint density at radius 2 is 1.93 bits per heavy atom. The van der Waals surface area contributed by atoms with Crippen LogP contribution < -0.4 is 15.4 Å². The molecule has 2 amide bonds. The minimum Gasteiger partial charge on any atom is -0.492 e. The average Bonchev–Trinajstić information content (AvgIpc) is 2.69. The highest BCUT2D eigenvalue weighted by atomic mass is 127. The highest BCUT2D eigenvalue weighted by molar-refractivity contribution is 14.1. The Hall–Kier alpha value is -1.84. The van der Waals surface area contributed by atoms with Crippen molar-refractivity contribution in [2.45, 2.75) is 6.54 Å². The number of ether oxygens (including phenoxy) is 2. The number of benzene rings is 2. The molecular formula is C20H24IN3O3. The third-order valence-electron chi connectivity index (χ3n) is 4.23. The van der Waals surface area contributed by atoms with Crippen LogP contribution in [0.15, 0.2) is 48.5 Å². The average molecular weight is 481 g/mol. The fraction of sp³-hybridized carbons (Fsp3) is 0.350. The molecule has 6 nitrogen and oxygen atoms in total. The second-order valence-electron chi connectivity index (χ2n) is 6.26. The quantitative estimate of drug-likeness (QED) is 0.596. The van der Waals surface area contributed by atoms with Gasteiger partial charge in [-0.05, 0) is 64.6 Å². The molecule has 1 saturated heterocycles. The second-order valence-corrected chi connectivity index (χ2v) is 7.51. The van der Waals surface area contributed by atoms with Crippen LogP contribution in [0.4, 0.5) is 10.5 Å². The Bertz CT molecular complexity index is 734. The molecule has 0 radical (unpaired) electrons. The number of amides is 2. The first-order valence-corrected chi connectivity index (χ1v) is 10.1. The first-order chi connectivity index (χ1) is 13.2. The highest BCUT2D eigenvalue weighted by Gasteiger charge is 2.10. The standard InChI is InChI=1S/C20H24IN3O3/c21-17-4-6-18(7-5-17)23-20(25)22-15-16-2-1-3-19(14-16)27-13-10-24-8-11-26-12-9-24/h1-7,14H,8-13,15H2,(H2,22,23,25). The van der Waals surface area contributed by atoms with E-state index in [9.17, 15) is 4.79 Å². The second kappa shape index (κ2) is 10.5. The predicted octanol–water partition coefficient (Wildman–Crippen LogP) is 3.32. The summed E-state index contributed by atoms with van der Waals surface area (Å²) in [6.45, 7) is 5.49. The van der Waals surface area contributed by atoms with Crippen LogP contribution in [0.25, 0.3) is 0 Å². The number of urea groups is 1. The van der Waals surface area contributed by atoms with Crippen LogP contribution in [-0.4, -0.2) is 50.4 Å². The summed E-state index contributed by atoms with van der Waals surface area (Å²) in [5.74, 6) is 0.820. The van der Waals surface area contributed by atoms with Crippen LogP contribution in [0.2, 0.25) is 0 Å². The lowest BCUT2D eigenvalue weighted by Gasteiger charge is -2.26. The third-order valence-corrected chi connectivity index (χ3v) is 4.95. The number of nitrogens with zero attached hydrogens (tertiary/aromatic N) is 1. The number of rotatable bonds is 7. The number of morpholine rings is 1. The number of carbonyl (C=O) groups excluding carboxylic acids is 1. The van der Waals surface area contributed by atoms with Gasteiger partial charge in [0.25, 0.3) is 0 Å². The molecule has 27 heavy (non-hydrogen) atoms. The molecule has 144 valence electrons. The molecule has 0 bridgehead atoms. The van der Waals surface area contributed by atoms with Crippen molar-refractivity contribution in [3.8, 4) is 5.75 Å². The molecule has 0 atom stereocenters. The molecular weight excluding hydrogens is 457 g/mol. The summed E-state index contributed by atoms with van der Waals surface area (Å²) in [6.07, 6.45) is 0. The van der Waals surface area contributed by atoms with Gasteiger partial charge in [-0.15, -0.1) is 0 Å². The van der Waals surface area contributed by atoms with Gasteiger partial charge in [0.2, 0.25) is 0 Å². The zero-order chi connectivity index (χ0) is 18.9. The number of anilines is 1. The van der Waals surface area contributed by atoms with Gasteiger partial charge in [-0.1, -0.05) is 12.1 Å². The number of hydrogen-bond acceptors (Lipinski definition) is 4. The first kappa shape index (κ1) is 19.9. The maximum absolute atomic E-state index is 12.0. The highest BCUT2D eigenvalue weighted by Crippen LogP contribution is 2.14. The van der Waals surface area contributed by atoms with Crippen molar-refractivity contribution in [3.05, 3.63) is 57.7 Å². The van der Waals surface area contributed by atoms with E-state index in [0.717, 1.165) is 53.4 Å². The fourth-order valence-electron chi connectivity index (χ4n) is 2.75. The molecule has 1 heterocycles. The molecule has 0 aliphatic carbocycles. The zero-order valence-corrected chi connectivity index (χ0v) is 17.3. The summed E-state index contributed by atoms with van der Waals surface area (Å²) < 4.78 is 12.3. The van der Waals surface area contributed by atoms with Crippen molar-refractivity contribution < 1.29 is 14.3 Å². The fourth-order valence-corrected chi connectivity index (χ4v) is 3.11. The van der Waals surface area contributed by atoms with Crippen LogP contribution in [0.3, 0.4) is 0 Å². The maximum Gasteiger partial charge on any atom is 0.319 e. The summed E-state index contributed by atoms with van der Waals surface area (Å²) in [7, 11) is 0. The van der Waals surface area contributed by atoms with E-state index < -0.39 is 0 Å². The topological polar surface area (TPSA) is 62.8 Å². The first-order valence-electron chi connectivity index (χ1n) is 9.01. The molecule has 0 aromatic heterocycles. The van der Waals surface area contributed by atoms with Crippen LogP contribution in [0.1, 0.15) is 5.56 Å². The van der Waals surface area contributed by atoms with Crippen LogP contribution in [0.5, 0.6) is 5.75 Å². The van der Waals surface area contributed by atoms with Crippen LogP contribution >= 0.6 is 22.6 Å². The van der Waals surface area contributed by atoms with Gasteiger partial charge >= 0.3 is 6.03 Å². The van der Waals surface area contributed by atoms with E-state index in [1.807, 2.05) is 48.5 Å². The number of nitrogens with one attached hydrogen (secondary N) is 2. The Balaban J connectivity index is 1.41. The molecule has 2 aromatic carbocycles. The molecule has 7 heteroatoms. The zero-order valence-electron chi connectivity index (χ0n) is 15.1. The SMILES string of the molecule is O=C(NCc1cccc(OCCN2CCOCC2)c1)Nc1ccc(I)cc1. The van der Waals surface area contributed by atoms with E-state index in [1.54, 1.807) is 0 Å². The van der Waals surface area contributed by atoms with Crippen molar-refractivity contribution in [2.24, 2.45) is 0 Å². The molecule has 0 saturated carbocycles. The normalized spacial score (nSPS) is 14.6. The van der Waals surface area contributed by atoms with Gasteiger partial charge in [-0.25, -0.2) is 4.79 Å². The van der Waals surface area contributed by atoms with Gasteiger partial charge < -0.3 is 20.1 Å². The Labute approximate surface area is 173 Å². The summed E-state index contributed by atoms with van der Waals surface area (Å²) in [5, 5.41) is 5.69. The van der Waals surface area contributed by atoms with E-state index in [0.29, 0.717) is 13.2 Å². The van der Waals surface area contributed by atoms with Crippen molar-refractivity contribution in [2.75, 3.05) is 44.8 Å². The van der Waals surface area contributed by atoms with Crippen LogP contribution in [-0.2, 0) is 11.3 Å². The summed E-state index contributed by atoms with van der Waals surface area (Å²) >= 11 is 2.23. The maximum atomic E-state index is 12.0. The molecule has 3 rings (SSSR count). The Morgan fingerprint density at radius 1 is 1.15 bits per heavy atom. The van der Waals surface area contributed by atoms with Gasteiger partial charge in [0.1, 0.15) is 12.4 Å². The largest absolute Gasteiger partial charge is 0.492 e. The van der Waals surface area contributed by atoms with Crippen molar-refractivity contribution in [1.82, 2.24) is 10.2 Å². The lowest BCUT2D eigenvalue weighted by Crippen LogP contribution is -2.38. The number of carbonyl (C=O) groups is 1. The van der Waals surface area contributed by atoms with Gasteiger partial charge in [-0.3, -0.25) is 4.90 Å². The minimum atomic E-state index is -0.227. The molecule has 0 spiro atoms. The number of halogens is 1. The van der Waals surface area contributed by atoms with Crippen molar-refractivity contribution >= 4 is 34.3 Å². The lowest BCUT2D eigenvalue weighted by atomic mass is 10.2. The van der Waals surface area contributed by atoms with Gasteiger partial charge in [0.15, 0.2) is 0 Å². The van der Waals surface area contributed by atoms with Gasteiger partial charge in [0, 0.05) is 35.4 Å². The molecule has 1 aliphatic heterocycles. The van der Waals surface area contributed by atoms with E-state index >= 15 is 0 Å². The summed E-state index contributed by atoms with van der Waals surface area (Å²) in [4.78, 5) is 14.4. The third kappa shape index (κ3) is 7.00. The van der Waals surface area contributed by atoms with Crippen molar-refractivity contribution in [3.63, 3.8) is 0 Å². The smallest absolute Gasteiger partial charge is 0.319 e. The molecule has 0 unspecified atom stereocenters. The lowest BCUT2D eigenvalue weighted by molar-refractivity contribution is 0.0322. The van der Waals surface area contributed by atoms with E-state index in [4.69, 9.17) is 9.47 Å². The molecule has 1 fully saturated rings. The van der Waals surface area contributed by atoms with Gasteiger partial charge in [0.05, 0.1) is 13.2 Å². The van der Waals surface area contributed by atoms with Gasteiger partial charge in [-0.2, -0.15) is 0 Å². The molecule has 2 N–H and O–H groups in total. The predicted molar refractivity (Wildman–Crippen MR) is 114 cm³/mol. The molecule has 1 aliphatic rings.